The van der Waals surface area contributed by atoms with Crippen LogP contribution in [0.1, 0.15) is 25.7 Å². The van der Waals surface area contributed by atoms with Gasteiger partial charge in [-0.05, 0) is 12.8 Å². The molecular weight excluding hydrogens is 240 g/mol. The second-order valence-electron chi connectivity index (χ2n) is 4.38. The summed E-state index contributed by atoms with van der Waals surface area (Å²) in [5, 5.41) is 13.8. The summed E-state index contributed by atoms with van der Waals surface area (Å²) in [5.41, 5.74) is -0.800. The van der Waals surface area contributed by atoms with Gasteiger partial charge in [-0.25, -0.2) is 0 Å². The van der Waals surface area contributed by atoms with Gasteiger partial charge in [0, 0.05) is 0 Å². The van der Waals surface area contributed by atoms with Crippen LogP contribution in [0.15, 0.2) is 0 Å². The van der Waals surface area contributed by atoms with Crippen LogP contribution in [0, 0.1) is 5.41 Å². The number of carbonyl (C=O) groups is 3. The molecule has 0 saturated heterocycles. The predicted molar refractivity (Wildman–Crippen MR) is 61.6 cm³/mol. The summed E-state index contributed by atoms with van der Waals surface area (Å²) in [6.07, 6.45) is 3.45. The van der Waals surface area contributed by atoms with Crippen molar-refractivity contribution in [3.63, 3.8) is 0 Å². The molecule has 0 aromatic carbocycles. The Morgan fingerprint density at radius 2 is 2.00 bits per heavy atom. The van der Waals surface area contributed by atoms with Crippen molar-refractivity contribution in [2.75, 3.05) is 19.9 Å². The highest BCUT2D eigenvalue weighted by Crippen LogP contribution is 2.38. The Morgan fingerprint density at radius 3 is 2.56 bits per heavy atom. The van der Waals surface area contributed by atoms with Gasteiger partial charge in [-0.15, -0.1) is 0 Å². The Balaban J connectivity index is 2.22. The van der Waals surface area contributed by atoms with E-state index >= 15 is 0 Å². The fraction of sp³-hybridized carbons (Fsp3) is 0.727. The van der Waals surface area contributed by atoms with Crippen LogP contribution in [0.5, 0.6) is 0 Å². The van der Waals surface area contributed by atoms with Crippen LogP contribution < -0.4 is 10.6 Å². The lowest BCUT2D eigenvalue weighted by Gasteiger charge is -2.23. The first-order chi connectivity index (χ1) is 8.60. The first kappa shape index (κ1) is 14.4. The van der Waals surface area contributed by atoms with Crippen molar-refractivity contribution in [2.45, 2.75) is 25.7 Å². The number of nitrogens with one attached hydrogen (secondary N) is 2. The van der Waals surface area contributed by atoms with E-state index in [-0.39, 0.29) is 25.8 Å². The summed E-state index contributed by atoms with van der Waals surface area (Å²) in [4.78, 5) is 32.2. The van der Waals surface area contributed by atoms with Crippen molar-refractivity contribution in [3.8, 4) is 0 Å². The van der Waals surface area contributed by atoms with Gasteiger partial charge in [0.05, 0.1) is 18.6 Å². The smallest absolute Gasteiger partial charge is 0.311 e. The van der Waals surface area contributed by atoms with Crippen LogP contribution in [0.3, 0.4) is 0 Å². The SMILES string of the molecule is O=CNCC(=O)NCOCC1(C(=O)O)CCCC1. The molecule has 0 unspecified atom stereocenters. The second kappa shape index (κ2) is 6.95. The molecule has 0 aromatic rings. The molecule has 0 aliphatic heterocycles. The third kappa shape index (κ3) is 3.99. The molecule has 3 N–H and O–H groups in total. The van der Waals surface area contributed by atoms with Crippen molar-refractivity contribution >= 4 is 18.3 Å². The van der Waals surface area contributed by atoms with Crippen LogP contribution in [0.2, 0.25) is 0 Å². The second-order valence-corrected chi connectivity index (χ2v) is 4.38. The Kier molecular flexibility index (Phi) is 5.57. The maximum absolute atomic E-state index is 11.2. The molecule has 1 saturated carbocycles. The molecule has 0 atom stereocenters. The average Bonchev–Trinajstić information content (AvgIpc) is 2.82. The van der Waals surface area contributed by atoms with E-state index in [0.717, 1.165) is 12.8 Å². The maximum Gasteiger partial charge on any atom is 0.311 e. The molecule has 0 radical (unpaired) electrons. The van der Waals surface area contributed by atoms with Crippen molar-refractivity contribution in [2.24, 2.45) is 5.41 Å². The molecule has 0 bridgehead atoms. The lowest BCUT2D eigenvalue weighted by atomic mass is 9.87. The predicted octanol–water partition coefficient (Wildman–Crippen LogP) is -0.532. The van der Waals surface area contributed by atoms with E-state index in [1.807, 2.05) is 0 Å². The summed E-state index contributed by atoms with van der Waals surface area (Å²) in [7, 11) is 0. The lowest BCUT2D eigenvalue weighted by molar-refractivity contribution is -0.152. The molecule has 18 heavy (non-hydrogen) atoms. The number of amides is 2. The van der Waals surface area contributed by atoms with Gasteiger partial charge in [-0.1, -0.05) is 12.8 Å². The zero-order chi connectivity index (χ0) is 13.4. The van der Waals surface area contributed by atoms with E-state index in [4.69, 9.17) is 4.74 Å². The molecule has 7 heteroatoms. The number of carboxylic acid groups (broad SMARTS) is 1. The van der Waals surface area contributed by atoms with Crippen LogP contribution in [-0.2, 0) is 19.1 Å². The fourth-order valence-electron chi connectivity index (χ4n) is 2.05. The number of aliphatic carboxylic acids is 1. The monoisotopic (exact) mass is 258 g/mol. The fourth-order valence-corrected chi connectivity index (χ4v) is 2.05. The molecule has 1 rings (SSSR count). The summed E-state index contributed by atoms with van der Waals surface area (Å²) in [6, 6.07) is 0. The highest BCUT2D eigenvalue weighted by Gasteiger charge is 2.41. The third-order valence-electron chi connectivity index (χ3n) is 3.11. The molecule has 2 amide bonds. The van der Waals surface area contributed by atoms with Gasteiger partial charge in [0.2, 0.25) is 12.3 Å². The van der Waals surface area contributed by atoms with E-state index in [0.29, 0.717) is 19.3 Å². The Bertz CT molecular complexity index is 313. The van der Waals surface area contributed by atoms with Gasteiger partial charge in [0.1, 0.15) is 6.73 Å². The largest absolute Gasteiger partial charge is 0.481 e. The van der Waals surface area contributed by atoms with E-state index in [1.54, 1.807) is 0 Å². The van der Waals surface area contributed by atoms with E-state index in [9.17, 15) is 19.5 Å². The van der Waals surface area contributed by atoms with Crippen molar-refractivity contribution in [3.05, 3.63) is 0 Å². The molecular formula is C11H18N2O5. The maximum atomic E-state index is 11.2. The first-order valence-electron chi connectivity index (χ1n) is 5.85. The minimum Gasteiger partial charge on any atom is -0.481 e. The van der Waals surface area contributed by atoms with Crippen LogP contribution >= 0.6 is 0 Å². The van der Waals surface area contributed by atoms with Crippen molar-refractivity contribution in [1.29, 1.82) is 0 Å². The summed E-state index contributed by atoms with van der Waals surface area (Å²) < 4.78 is 5.20. The highest BCUT2D eigenvalue weighted by atomic mass is 16.5. The van der Waals surface area contributed by atoms with Crippen LogP contribution in [0.4, 0.5) is 0 Å². The molecule has 7 nitrogen and oxygen atoms in total. The summed E-state index contributed by atoms with van der Waals surface area (Å²) in [5.74, 6) is -1.22. The third-order valence-corrected chi connectivity index (χ3v) is 3.11. The van der Waals surface area contributed by atoms with Gasteiger partial charge in [0.15, 0.2) is 0 Å². The molecule has 0 aromatic heterocycles. The van der Waals surface area contributed by atoms with Crippen LogP contribution in [0.25, 0.3) is 0 Å². The lowest BCUT2D eigenvalue weighted by Crippen LogP contribution is -2.38. The van der Waals surface area contributed by atoms with E-state index < -0.39 is 11.4 Å². The molecule has 0 spiro atoms. The number of hydrogen-bond donors (Lipinski definition) is 3. The summed E-state index contributed by atoms with van der Waals surface area (Å²) in [6.45, 7) is -0.0605. The normalized spacial score (nSPS) is 17.1. The first-order valence-corrected chi connectivity index (χ1v) is 5.85. The minimum atomic E-state index is -0.839. The van der Waals surface area contributed by atoms with Gasteiger partial charge < -0.3 is 20.5 Å². The van der Waals surface area contributed by atoms with Crippen LogP contribution in [-0.4, -0.2) is 43.3 Å². The number of hydrogen-bond acceptors (Lipinski definition) is 4. The summed E-state index contributed by atoms with van der Waals surface area (Å²) >= 11 is 0. The minimum absolute atomic E-state index is 0.0472. The molecule has 1 aliphatic rings. The molecule has 102 valence electrons. The van der Waals surface area contributed by atoms with Crippen molar-refractivity contribution < 1.29 is 24.2 Å². The van der Waals surface area contributed by atoms with E-state index in [1.165, 1.54) is 0 Å². The number of carbonyl (C=O) groups excluding carboxylic acids is 2. The Labute approximate surface area is 105 Å². The topological polar surface area (TPSA) is 105 Å². The zero-order valence-electron chi connectivity index (χ0n) is 10.1. The standard InChI is InChI=1S/C11H18N2O5/c14-7-12-5-9(15)13-8-18-6-11(10(16)17)3-1-2-4-11/h7H,1-6,8H2,(H,12,14)(H,13,15)(H,16,17). The van der Waals surface area contributed by atoms with Gasteiger partial charge in [-0.2, -0.15) is 0 Å². The number of carboxylic acids is 1. The van der Waals surface area contributed by atoms with Gasteiger partial charge in [-0.3, -0.25) is 14.4 Å². The zero-order valence-corrected chi connectivity index (χ0v) is 10.1. The number of ether oxygens (including phenoxy) is 1. The van der Waals surface area contributed by atoms with Gasteiger partial charge >= 0.3 is 5.97 Å². The quantitative estimate of drug-likeness (QED) is 0.308. The Morgan fingerprint density at radius 1 is 1.33 bits per heavy atom. The van der Waals surface area contributed by atoms with E-state index in [2.05, 4.69) is 10.6 Å². The Hall–Kier alpha value is -1.63. The average molecular weight is 258 g/mol. The number of rotatable bonds is 8. The van der Waals surface area contributed by atoms with Crippen molar-refractivity contribution in [1.82, 2.24) is 10.6 Å². The molecule has 1 fully saturated rings. The highest BCUT2D eigenvalue weighted by molar-refractivity contribution is 5.79. The van der Waals surface area contributed by atoms with Gasteiger partial charge in [0.25, 0.3) is 0 Å². The molecule has 0 heterocycles. The molecule has 1 aliphatic carbocycles.